The maximum atomic E-state index is 13.9. The van der Waals surface area contributed by atoms with E-state index in [4.69, 9.17) is 18.9 Å². The molecule has 0 radical (unpaired) electrons. The van der Waals surface area contributed by atoms with E-state index in [-0.39, 0.29) is 24.9 Å². The van der Waals surface area contributed by atoms with Crippen molar-refractivity contribution >= 4 is 11.8 Å². The van der Waals surface area contributed by atoms with E-state index in [2.05, 4.69) is 17.4 Å². The average molecular weight is 554 g/mol. The highest BCUT2D eigenvalue weighted by molar-refractivity contribution is 6.04. The van der Waals surface area contributed by atoms with Gasteiger partial charge in [0.25, 0.3) is 0 Å². The maximum absolute atomic E-state index is 13.9. The van der Waals surface area contributed by atoms with Crippen molar-refractivity contribution in [2.75, 3.05) is 27.4 Å². The van der Waals surface area contributed by atoms with Gasteiger partial charge in [-0.1, -0.05) is 66.7 Å². The third-order valence-electron chi connectivity index (χ3n) is 7.60. The number of allylic oxidation sites excluding steroid dienone is 3. The van der Waals surface area contributed by atoms with Crippen LogP contribution in [0.25, 0.3) is 0 Å². The first-order valence-electron chi connectivity index (χ1n) is 13.8. The Morgan fingerprint density at radius 3 is 2.32 bits per heavy atom. The SMILES string of the molecule is COCCOC(=O)C1=C(C)NC2=C(C(=O)C[C@@H](c3ccccc3)C2)[C@H]1c1ccc(OCc2ccccc2)c(OC)c1. The van der Waals surface area contributed by atoms with Crippen LogP contribution in [0.4, 0.5) is 0 Å². The topological polar surface area (TPSA) is 83.1 Å². The third kappa shape index (κ3) is 6.20. The van der Waals surface area contributed by atoms with Crippen LogP contribution >= 0.6 is 0 Å². The van der Waals surface area contributed by atoms with E-state index < -0.39 is 11.9 Å². The molecule has 1 aliphatic heterocycles. The Balaban J connectivity index is 1.52. The monoisotopic (exact) mass is 553 g/mol. The van der Waals surface area contributed by atoms with Crippen molar-refractivity contribution < 1.29 is 28.5 Å². The first-order valence-corrected chi connectivity index (χ1v) is 13.8. The van der Waals surface area contributed by atoms with Crippen LogP contribution in [-0.4, -0.2) is 39.2 Å². The van der Waals surface area contributed by atoms with Crippen molar-refractivity contribution in [3.05, 3.63) is 118 Å². The lowest BCUT2D eigenvalue weighted by molar-refractivity contribution is -0.140. The Kier molecular flexibility index (Phi) is 8.85. The van der Waals surface area contributed by atoms with Gasteiger partial charge in [0.15, 0.2) is 17.3 Å². The largest absolute Gasteiger partial charge is 0.493 e. The van der Waals surface area contributed by atoms with E-state index in [0.29, 0.717) is 47.8 Å². The number of carbonyl (C=O) groups excluding carboxylic acids is 2. The van der Waals surface area contributed by atoms with Crippen molar-refractivity contribution in [3.8, 4) is 11.5 Å². The first kappa shape index (κ1) is 28.2. The summed E-state index contributed by atoms with van der Waals surface area (Å²) < 4.78 is 22.4. The van der Waals surface area contributed by atoms with E-state index in [0.717, 1.165) is 22.4 Å². The highest BCUT2D eigenvalue weighted by Gasteiger charge is 2.41. The molecule has 7 heteroatoms. The van der Waals surface area contributed by atoms with Gasteiger partial charge in [0, 0.05) is 36.4 Å². The van der Waals surface area contributed by atoms with Gasteiger partial charge in [-0.05, 0) is 48.1 Å². The Bertz CT molecular complexity index is 1460. The Hall–Kier alpha value is -4.36. The molecule has 0 bridgehead atoms. The van der Waals surface area contributed by atoms with Gasteiger partial charge < -0.3 is 24.3 Å². The molecule has 0 saturated carbocycles. The zero-order valence-corrected chi connectivity index (χ0v) is 23.6. The molecule has 5 rings (SSSR count). The summed E-state index contributed by atoms with van der Waals surface area (Å²) in [5, 5.41) is 3.40. The summed E-state index contributed by atoms with van der Waals surface area (Å²) in [5.41, 5.74) is 5.43. The molecule has 1 N–H and O–H groups in total. The number of ether oxygens (including phenoxy) is 4. The van der Waals surface area contributed by atoms with E-state index in [9.17, 15) is 9.59 Å². The van der Waals surface area contributed by atoms with Gasteiger partial charge >= 0.3 is 5.97 Å². The molecular weight excluding hydrogens is 518 g/mol. The van der Waals surface area contributed by atoms with Crippen LogP contribution in [-0.2, 0) is 25.7 Å². The van der Waals surface area contributed by atoms with Crippen LogP contribution in [0.15, 0.2) is 101 Å². The van der Waals surface area contributed by atoms with Gasteiger partial charge in [0.05, 0.1) is 19.3 Å². The molecule has 0 saturated heterocycles. The summed E-state index contributed by atoms with van der Waals surface area (Å²) in [7, 11) is 3.14. The van der Waals surface area contributed by atoms with Crippen LogP contribution in [0.3, 0.4) is 0 Å². The van der Waals surface area contributed by atoms with E-state index >= 15 is 0 Å². The van der Waals surface area contributed by atoms with Crippen LogP contribution in [0.2, 0.25) is 0 Å². The zero-order valence-electron chi connectivity index (χ0n) is 23.6. The first-order chi connectivity index (χ1) is 20.0. The standard InChI is InChI=1S/C34H35NO6/c1-22-31(34(37)40-17-16-38-2)32(33-27(35-22)18-26(19-28(33)36)24-12-8-5-9-13-24)25-14-15-29(30(20-25)39-3)41-21-23-10-6-4-7-11-23/h4-15,20,26,32,35H,16-19,21H2,1-3H3/t26-,32-/m0/s1. The van der Waals surface area contributed by atoms with Gasteiger partial charge in [0.1, 0.15) is 13.2 Å². The zero-order chi connectivity index (χ0) is 28.8. The van der Waals surface area contributed by atoms with Crippen molar-refractivity contribution in [3.63, 3.8) is 0 Å². The number of nitrogens with one attached hydrogen (secondary N) is 1. The summed E-state index contributed by atoms with van der Waals surface area (Å²) in [6, 6.07) is 25.6. The normalized spacial score (nSPS) is 18.5. The minimum absolute atomic E-state index is 0.00988. The van der Waals surface area contributed by atoms with E-state index in [1.54, 1.807) is 14.2 Å². The number of benzene rings is 3. The van der Waals surface area contributed by atoms with Crippen LogP contribution in [0, 0.1) is 0 Å². The Morgan fingerprint density at radius 1 is 0.878 bits per heavy atom. The molecule has 0 spiro atoms. The number of Topliss-reactive ketones (excluding diaryl/α,β-unsaturated/α-hetero) is 1. The van der Waals surface area contributed by atoms with Crippen LogP contribution in [0.1, 0.15) is 48.3 Å². The highest BCUT2D eigenvalue weighted by atomic mass is 16.6. The Morgan fingerprint density at radius 2 is 1.61 bits per heavy atom. The Labute approximate surface area is 240 Å². The predicted molar refractivity (Wildman–Crippen MR) is 156 cm³/mol. The lowest BCUT2D eigenvalue weighted by Gasteiger charge is -2.36. The molecule has 0 fully saturated rings. The summed E-state index contributed by atoms with van der Waals surface area (Å²) in [6.07, 6.45) is 1.03. The van der Waals surface area contributed by atoms with Crippen LogP contribution in [0.5, 0.6) is 11.5 Å². The molecule has 3 aromatic rings. The van der Waals surface area contributed by atoms with E-state index in [1.807, 2.05) is 73.7 Å². The van der Waals surface area contributed by atoms with Crippen molar-refractivity contribution in [2.45, 2.75) is 38.2 Å². The van der Waals surface area contributed by atoms with Crippen LogP contribution < -0.4 is 14.8 Å². The molecule has 0 unspecified atom stereocenters. The minimum atomic E-state index is -0.609. The fraction of sp³-hybridized carbons (Fsp3) is 0.294. The molecule has 0 aromatic heterocycles. The second-order valence-electron chi connectivity index (χ2n) is 10.2. The van der Waals surface area contributed by atoms with Gasteiger partial charge in [-0.15, -0.1) is 0 Å². The molecule has 2 atom stereocenters. The number of dihydropyridines is 1. The molecule has 1 heterocycles. The van der Waals surface area contributed by atoms with Gasteiger partial charge in [-0.2, -0.15) is 0 Å². The van der Waals surface area contributed by atoms with Gasteiger partial charge in [-0.25, -0.2) is 4.79 Å². The number of hydrogen-bond acceptors (Lipinski definition) is 7. The average Bonchev–Trinajstić information content (AvgIpc) is 3.00. The maximum Gasteiger partial charge on any atom is 0.336 e. The van der Waals surface area contributed by atoms with Gasteiger partial charge in [0.2, 0.25) is 0 Å². The molecule has 7 nitrogen and oxygen atoms in total. The number of methoxy groups -OCH3 is 2. The molecule has 3 aromatic carbocycles. The summed E-state index contributed by atoms with van der Waals surface area (Å²) >= 11 is 0. The summed E-state index contributed by atoms with van der Waals surface area (Å²) in [5.74, 6) is 0.0756. The molecule has 212 valence electrons. The third-order valence-corrected chi connectivity index (χ3v) is 7.60. The number of carbonyl (C=O) groups is 2. The predicted octanol–water partition coefficient (Wildman–Crippen LogP) is 5.83. The lowest BCUT2D eigenvalue weighted by Crippen LogP contribution is -2.36. The number of ketones is 1. The molecule has 41 heavy (non-hydrogen) atoms. The minimum Gasteiger partial charge on any atom is -0.493 e. The number of rotatable bonds is 10. The van der Waals surface area contributed by atoms with Crippen molar-refractivity contribution in [2.24, 2.45) is 0 Å². The van der Waals surface area contributed by atoms with Crippen molar-refractivity contribution in [1.82, 2.24) is 5.32 Å². The number of esters is 1. The molecule has 1 aliphatic carbocycles. The van der Waals surface area contributed by atoms with Crippen molar-refractivity contribution in [1.29, 1.82) is 0 Å². The fourth-order valence-electron chi connectivity index (χ4n) is 5.62. The lowest BCUT2D eigenvalue weighted by atomic mass is 9.71. The highest BCUT2D eigenvalue weighted by Crippen LogP contribution is 2.47. The molecular formula is C34H35NO6. The quantitative estimate of drug-likeness (QED) is 0.250. The van der Waals surface area contributed by atoms with Gasteiger partial charge in [-0.3, -0.25) is 4.79 Å². The second kappa shape index (κ2) is 12.9. The summed E-state index contributed by atoms with van der Waals surface area (Å²) in [4.78, 5) is 27.3. The smallest absolute Gasteiger partial charge is 0.336 e. The summed E-state index contributed by atoms with van der Waals surface area (Å²) in [6.45, 7) is 2.64. The fourth-order valence-corrected chi connectivity index (χ4v) is 5.62. The van der Waals surface area contributed by atoms with E-state index in [1.165, 1.54) is 0 Å². The second-order valence-corrected chi connectivity index (χ2v) is 10.2. The molecule has 0 amide bonds. The molecule has 2 aliphatic rings. The number of hydrogen-bond donors (Lipinski definition) is 1.